The second-order valence-corrected chi connectivity index (χ2v) is 6.03. The number of carbonyl (C=O) groups excluding carboxylic acids is 1. The third kappa shape index (κ3) is 3.55. The maximum atomic E-state index is 12.6. The Kier molecular flexibility index (Phi) is 4.65. The zero-order valence-corrected chi connectivity index (χ0v) is 13.7. The van der Waals surface area contributed by atoms with Crippen LogP contribution in [-0.2, 0) is 6.42 Å². The van der Waals surface area contributed by atoms with Crippen LogP contribution in [0.25, 0.3) is 0 Å². The number of amides is 1. The van der Waals surface area contributed by atoms with Gasteiger partial charge in [-0.25, -0.2) is 9.97 Å². The van der Waals surface area contributed by atoms with E-state index < -0.39 is 0 Å². The highest BCUT2D eigenvalue weighted by Crippen LogP contribution is 2.26. The molecule has 1 amide bonds. The zero-order valence-electron chi connectivity index (χ0n) is 13.7. The van der Waals surface area contributed by atoms with Crippen molar-refractivity contribution >= 4 is 5.91 Å². The van der Waals surface area contributed by atoms with Crippen molar-refractivity contribution in [2.75, 3.05) is 13.1 Å². The van der Waals surface area contributed by atoms with Gasteiger partial charge in [-0.3, -0.25) is 9.78 Å². The second kappa shape index (κ2) is 6.86. The molecule has 3 rings (SSSR count). The lowest BCUT2D eigenvalue weighted by Crippen LogP contribution is -2.38. The number of aromatic nitrogens is 3. The van der Waals surface area contributed by atoms with Gasteiger partial charge in [0.15, 0.2) is 0 Å². The Morgan fingerprint density at radius 2 is 1.96 bits per heavy atom. The number of likely N-dealkylation sites (tertiary alicyclic amines) is 1. The van der Waals surface area contributed by atoms with Gasteiger partial charge >= 0.3 is 0 Å². The highest BCUT2D eigenvalue weighted by Gasteiger charge is 2.26. The molecule has 1 saturated heterocycles. The van der Waals surface area contributed by atoms with E-state index in [-0.39, 0.29) is 5.91 Å². The molecule has 5 heteroatoms. The fourth-order valence-electron chi connectivity index (χ4n) is 2.98. The molecule has 0 atom stereocenters. The highest BCUT2D eigenvalue weighted by molar-refractivity contribution is 5.92. The number of aryl methyl sites for hydroxylation is 2. The number of rotatable bonds is 3. The van der Waals surface area contributed by atoms with Gasteiger partial charge in [0.05, 0.1) is 0 Å². The molecule has 2 aromatic heterocycles. The Balaban J connectivity index is 1.65. The van der Waals surface area contributed by atoms with Crippen molar-refractivity contribution < 1.29 is 4.79 Å². The van der Waals surface area contributed by atoms with Gasteiger partial charge in [0.25, 0.3) is 5.91 Å². The summed E-state index contributed by atoms with van der Waals surface area (Å²) in [5.74, 6) is 1.28. The van der Waals surface area contributed by atoms with E-state index in [0.29, 0.717) is 11.6 Å². The van der Waals surface area contributed by atoms with E-state index in [4.69, 9.17) is 0 Å². The Morgan fingerprint density at radius 3 is 2.65 bits per heavy atom. The third-order valence-corrected chi connectivity index (χ3v) is 4.41. The largest absolute Gasteiger partial charge is 0.337 e. The van der Waals surface area contributed by atoms with Gasteiger partial charge in [-0.05, 0) is 49.9 Å². The lowest BCUT2D eigenvalue weighted by Gasteiger charge is -2.31. The van der Waals surface area contributed by atoms with Crippen molar-refractivity contribution in [1.29, 1.82) is 0 Å². The van der Waals surface area contributed by atoms with Gasteiger partial charge in [0, 0.05) is 37.1 Å². The number of hydrogen-bond donors (Lipinski definition) is 0. The fraction of sp³-hybridized carbons (Fsp3) is 0.444. The average molecular weight is 310 g/mol. The molecule has 0 aliphatic carbocycles. The first-order valence-electron chi connectivity index (χ1n) is 8.21. The Bertz CT molecular complexity index is 693. The predicted molar refractivity (Wildman–Crippen MR) is 88.3 cm³/mol. The summed E-state index contributed by atoms with van der Waals surface area (Å²) in [7, 11) is 0. The monoisotopic (exact) mass is 310 g/mol. The quantitative estimate of drug-likeness (QED) is 0.874. The summed E-state index contributed by atoms with van der Waals surface area (Å²) in [5, 5.41) is 0. The van der Waals surface area contributed by atoms with Crippen molar-refractivity contribution in [3.05, 3.63) is 53.4 Å². The SMILES string of the molecule is CCc1ccnc(C(=O)N2CCC(c3nccc(C)n3)CC2)c1. The van der Waals surface area contributed by atoms with E-state index in [9.17, 15) is 4.79 Å². The minimum atomic E-state index is 0.0314. The molecule has 0 radical (unpaired) electrons. The summed E-state index contributed by atoms with van der Waals surface area (Å²) >= 11 is 0. The number of carbonyl (C=O) groups is 1. The Labute approximate surface area is 136 Å². The summed E-state index contributed by atoms with van der Waals surface area (Å²) in [6, 6.07) is 5.77. The number of pyridine rings is 1. The van der Waals surface area contributed by atoms with Crippen molar-refractivity contribution in [3.63, 3.8) is 0 Å². The van der Waals surface area contributed by atoms with Crippen molar-refractivity contribution in [3.8, 4) is 0 Å². The first kappa shape index (κ1) is 15.6. The first-order valence-corrected chi connectivity index (χ1v) is 8.21. The van der Waals surface area contributed by atoms with Crippen molar-refractivity contribution in [1.82, 2.24) is 19.9 Å². The van der Waals surface area contributed by atoms with Gasteiger partial charge in [0.2, 0.25) is 0 Å². The van der Waals surface area contributed by atoms with Gasteiger partial charge in [-0.1, -0.05) is 6.92 Å². The molecule has 0 N–H and O–H groups in total. The number of nitrogens with zero attached hydrogens (tertiary/aromatic N) is 4. The van der Waals surface area contributed by atoms with Crippen LogP contribution in [0.4, 0.5) is 0 Å². The number of hydrogen-bond acceptors (Lipinski definition) is 4. The van der Waals surface area contributed by atoms with Crippen LogP contribution in [0.3, 0.4) is 0 Å². The van der Waals surface area contributed by atoms with Gasteiger partial charge in [-0.15, -0.1) is 0 Å². The summed E-state index contributed by atoms with van der Waals surface area (Å²) in [4.78, 5) is 27.6. The molecule has 0 aromatic carbocycles. The van der Waals surface area contributed by atoms with E-state index in [1.165, 1.54) is 0 Å². The fourth-order valence-corrected chi connectivity index (χ4v) is 2.98. The van der Waals surface area contributed by atoms with Gasteiger partial charge in [0.1, 0.15) is 11.5 Å². The molecule has 0 bridgehead atoms. The summed E-state index contributed by atoms with van der Waals surface area (Å²) in [6.45, 7) is 5.53. The zero-order chi connectivity index (χ0) is 16.2. The molecule has 120 valence electrons. The van der Waals surface area contributed by atoms with E-state index in [1.54, 1.807) is 6.20 Å². The van der Waals surface area contributed by atoms with E-state index in [0.717, 1.165) is 49.4 Å². The van der Waals surface area contributed by atoms with E-state index in [2.05, 4.69) is 21.9 Å². The van der Waals surface area contributed by atoms with E-state index >= 15 is 0 Å². The van der Waals surface area contributed by atoms with Crippen LogP contribution in [0.1, 0.15) is 53.3 Å². The smallest absolute Gasteiger partial charge is 0.272 e. The Hall–Kier alpha value is -2.30. The summed E-state index contributed by atoms with van der Waals surface area (Å²) in [5.41, 5.74) is 2.69. The van der Waals surface area contributed by atoms with Crippen LogP contribution in [-0.4, -0.2) is 38.8 Å². The molecule has 1 aliphatic rings. The molecule has 2 aromatic rings. The van der Waals surface area contributed by atoms with Gasteiger partial charge < -0.3 is 4.90 Å². The summed E-state index contributed by atoms with van der Waals surface area (Å²) in [6.07, 6.45) is 6.26. The molecule has 5 nitrogen and oxygen atoms in total. The van der Waals surface area contributed by atoms with Crippen LogP contribution in [0.15, 0.2) is 30.6 Å². The van der Waals surface area contributed by atoms with Crippen LogP contribution in [0.5, 0.6) is 0 Å². The molecular formula is C18H22N4O. The van der Waals surface area contributed by atoms with Crippen LogP contribution < -0.4 is 0 Å². The van der Waals surface area contributed by atoms with Crippen LogP contribution in [0.2, 0.25) is 0 Å². The molecule has 3 heterocycles. The molecule has 1 aliphatic heterocycles. The third-order valence-electron chi connectivity index (χ3n) is 4.41. The predicted octanol–water partition coefficient (Wildman–Crippen LogP) is 2.76. The van der Waals surface area contributed by atoms with Crippen molar-refractivity contribution in [2.45, 2.75) is 39.0 Å². The number of piperidine rings is 1. The minimum Gasteiger partial charge on any atom is -0.337 e. The first-order chi connectivity index (χ1) is 11.2. The molecule has 0 spiro atoms. The maximum absolute atomic E-state index is 12.6. The molecule has 23 heavy (non-hydrogen) atoms. The molecule has 0 unspecified atom stereocenters. The minimum absolute atomic E-state index is 0.0314. The normalized spacial score (nSPS) is 15.7. The average Bonchev–Trinajstić information content (AvgIpc) is 2.61. The molecule has 1 fully saturated rings. The molecular weight excluding hydrogens is 288 g/mol. The van der Waals surface area contributed by atoms with Crippen LogP contribution in [0, 0.1) is 6.92 Å². The Morgan fingerprint density at radius 1 is 1.22 bits per heavy atom. The lowest BCUT2D eigenvalue weighted by molar-refractivity contribution is 0.0705. The van der Waals surface area contributed by atoms with E-state index in [1.807, 2.05) is 36.2 Å². The van der Waals surface area contributed by atoms with Gasteiger partial charge in [-0.2, -0.15) is 0 Å². The summed E-state index contributed by atoms with van der Waals surface area (Å²) < 4.78 is 0. The van der Waals surface area contributed by atoms with Crippen LogP contribution >= 0.6 is 0 Å². The highest BCUT2D eigenvalue weighted by atomic mass is 16.2. The molecule has 0 saturated carbocycles. The maximum Gasteiger partial charge on any atom is 0.272 e. The standard InChI is InChI=1S/C18H22N4O/c1-3-14-5-9-19-16(12-14)18(23)22-10-6-15(7-11-22)17-20-8-4-13(2)21-17/h4-5,8-9,12,15H,3,6-7,10-11H2,1-2H3. The topological polar surface area (TPSA) is 59.0 Å². The second-order valence-electron chi connectivity index (χ2n) is 6.03. The lowest BCUT2D eigenvalue weighted by atomic mass is 9.95. The van der Waals surface area contributed by atoms with Crippen molar-refractivity contribution in [2.24, 2.45) is 0 Å².